The van der Waals surface area contributed by atoms with Crippen molar-refractivity contribution in [1.82, 2.24) is 4.72 Å². The highest BCUT2D eigenvalue weighted by atomic mass is 32.2. The smallest absolute Gasteiger partial charge is 0.229 e. The van der Waals surface area contributed by atoms with Crippen molar-refractivity contribution in [3.8, 4) is 0 Å². The molecule has 1 aromatic rings. The molecule has 22 heavy (non-hydrogen) atoms. The van der Waals surface area contributed by atoms with Crippen molar-refractivity contribution in [2.24, 2.45) is 0 Å². The van der Waals surface area contributed by atoms with Gasteiger partial charge in [0.2, 0.25) is 10.0 Å². The molecular formula is C12H14F3NO4S2. The highest BCUT2D eigenvalue weighted by Gasteiger charge is 2.41. The van der Waals surface area contributed by atoms with E-state index in [1.54, 1.807) is 0 Å². The van der Waals surface area contributed by atoms with Crippen molar-refractivity contribution in [1.29, 1.82) is 0 Å². The zero-order chi connectivity index (χ0) is 16.8. The van der Waals surface area contributed by atoms with Crippen molar-refractivity contribution in [2.45, 2.75) is 30.0 Å². The fourth-order valence-corrected chi connectivity index (χ4v) is 5.98. The van der Waals surface area contributed by atoms with Crippen molar-refractivity contribution >= 4 is 19.9 Å². The lowest BCUT2D eigenvalue weighted by Crippen LogP contribution is -2.46. The molecule has 0 saturated carbocycles. The fraction of sp³-hybridized carbons (Fsp3) is 0.500. The van der Waals surface area contributed by atoms with Gasteiger partial charge in [0.1, 0.15) is 0 Å². The summed E-state index contributed by atoms with van der Waals surface area (Å²) in [6.45, 7) is 1.42. The summed E-state index contributed by atoms with van der Waals surface area (Å²) in [4.78, 5) is -0.548. The third-order valence-electron chi connectivity index (χ3n) is 3.36. The number of sulfonamides is 1. The first-order chi connectivity index (χ1) is 9.83. The van der Waals surface area contributed by atoms with Gasteiger partial charge < -0.3 is 0 Å². The molecule has 0 amide bonds. The van der Waals surface area contributed by atoms with Gasteiger partial charge in [0.15, 0.2) is 9.84 Å². The Bertz CT molecular complexity index is 787. The Morgan fingerprint density at radius 2 is 1.91 bits per heavy atom. The third kappa shape index (κ3) is 3.79. The molecule has 0 aliphatic carbocycles. The molecule has 5 nitrogen and oxygen atoms in total. The van der Waals surface area contributed by atoms with Crippen LogP contribution in [0.1, 0.15) is 18.9 Å². The first kappa shape index (κ1) is 17.2. The number of alkyl halides is 3. The van der Waals surface area contributed by atoms with E-state index in [0.29, 0.717) is 6.07 Å². The van der Waals surface area contributed by atoms with Crippen molar-refractivity contribution in [3.05, 3.63) is 29.8 Å². The van der Waals surface area contributed by atoms with Crippen LogP contribution in [0.5, 0.6) is 0 Å². The normalized spacial score (nSPS) is 25.3. The van der Waals surface area contributed by atoms with Gasteiger partial charge in [-0.1, -0.05) is 6.07 Å². The summed E-state index contributed by atoms with van der Waals surface area (Å²) in [5, 5.41) is 0. The molecular weight excluding hydrogens is 343 g/mol. The molecule has 0 radical (unpaired) electrons. The Morgan fingerprint density at radius 1 is 1.27 bits per heavy atom. The summed E-state index contributed by atoms with van der Waals surface area (Å²) in [6, 6.07) is 3.31. The molecule has 1 aliphatic heterocycles. The maximum Gasteiger partial charge on any atom is 0.416 e. The van der Waals surface area contributed by atoms with Crippen molar-refractivity contribution in [3.63, 3.8) is 0 Å². The molecule has 1 N–H and O–H groups in total. The monoisotopic (exact) mass is 357 g/mol. The molecule has 0 unspecified atom stereocenters. The Kier molecular flexibility index (Phi) is 4.08. The molecule has 1 saturated heterocycles. The zero-order valence-corrected chi connectivity index (χ0v) is 13.1. The molecule has 2 rings (SSSR count). The van der Waals surface area contributed by atoms with Gasteiger partial charge in [-0.25, -0.2) is 21.6 Å². The van der Waals surface area contributed by atoms with Gasteiger partial charge >= 0.3 is 6.18 Å². The second-order valence-electron chi connectivity index (χ2n) is 5.53. The van der Waals surface area contributed by atoms with E-state index in [1.165, 1.54) is 6.92 Å². The first-order valence-corrected chi connectivity index (χ1v) is 9.55. The number of halogens is 3. The number of nitrogens with one attached hydrogen (secondary N) is 1. The van der Waals surface area contributed by atoms with Crippen LogP contribution in [-0.4, -0.2) is 33.9 Å². The minimum Gasteiger partial charge on any atom is -0.229 e. The second-order valence-corrected chi connectivity index (χ2v) is 9.40. The van der Waals surface area contributed by atoms with E-state index in [9.17, 15) is 30.0 Å². The number of benzene rings is 1. The summed E-state index contributed by atoms with van der Waals surface area (Å²) in [6.07, 6.45) is -4.58. The average Bonchev–Trinajstić information content (AvgIpc) is 2.61. The summed E-state index contributed by atoms with van der Waals surface area (Å²) in [5.74, 6) is -0.535. The van der Waals surface area contributed by atoms with Crippen molar-refractivity contribution < 1.29 is 30.0 Å². The van der Waals surface area contributed by atoms with Gasteiger partial charge in [-0.15, -0.1) is 0 Å². The lowest BCUT2D eigenvalue weighted by molar-refractivity contribution is -0.137. The SMILES string of the molecule is C[C@]1(NS(=O)(=O)c2cccc(C(F)(F)F)c2)CCS(=O)(=O)C1. The van der Waals surface area contributed by atoms with Crippen LogP contribution in [0.4, 0.5) is 13.2 Å². The lowest BCUT2D eigenvalue weighted by Gasteiger charge is -2.23. The van der Waals surface area contributed by atoms with Crippen LogP contribution in [0.3, 0.4) is 0 Å². The van der Waals surface area contributed by atoms with E-state index in [4.69, 9.17) is 0 Å². The second kappa shape index (κ2) is 5.20. The van der Waals surface area contributed by atoms with Crippen LogP contribution < -0.4 is 4.72 Å². The Labute approximate surface area is 126 Å². The van der Waals surface area contributed by atoms with Crippen LogP contribution in [0.15, 0.2) is 29.2 Å². The number of sulfone groups is 1. The summed E-state index contributed by atoms with van der Waals surface area (Å²) in [7, 11) is -7.60. The van der Waals surface area contributed by atoms with E-state index in [0.717, 1.165) is 18.2 Å². The predicted molar refractivity (Wildman–Crippen MR) is 73.4 cm³/mol. The van der Waals surface area contributed by atoms with Gasteiger partial charge in [0, 0.05) is 5.54 Å². The lowest BCUT2D eigenvalue weighted by atomic mass is 10.0. The quantitative estimate of drug-likeness (QED) is 0.890. The zero-order valence-electron chi connectivity index (χ0n) is 11.5. The van der Waals surface area contributed by atoms with E-state index < -0.39 is 42.0 Å². The van der Waals surface area contributed by atoms with E-state index >= 15 is 0 Å². The summed E-state index contributed by atoms with van der Waals surface area (Å²) < 4.78 is 87.5. The van der Waals surface area contributed by atoms with Crippen LogP contribution in [-0.2, 0) is 26.0 Å². The molecule has 1 fully saturated rings. The van der Waals surface area contributed by atoms with Gasteiger partial charge in [0.05, 0.1) is 22.0 Å². The van der Waals surface area contributed by atoms with Crippen LogP contribution >= 0.6 is 0 Å². The molecule has 0 bridgehead atoms. The highest BCUT2D eigenvalue weighted by molar-refractivity contribution is 7.92. The predicted octanol–water partition coefficient (Wildman–Crippen LogP) is 1.56. The molecule has 1 atom stereocenters. The fourth-order valence-electron chi connectivity index (χ4n) is 2.31. The van der Waals surface area contributed by atoms with Crippen molar-refractivity contribution in [2.75, 3.05) is 11.5 Å². The molecule has 1 aromatic carbocycles. The van der Waals surface area contributed by atoms with Gasteiger partial charge in [-0.05, 0) is 31.5 Å². The number of rotatable bonds is 3. The van der Waals surface area contributed by atoms with Gasteiger partial charge in [0.25, 0.3) is 0 Å². The topological polar surface area (TPSA) is 80.3 Å². The molecule has 0 spiro atoms. The van der Waals surface area contributed by atoms with E-state index in [1.807, 2.05) is 0 Å². The minimum absolute atomic E-state index is 0.0769. The van der Waals surface area contributed by atoms with Crippen LogP contribution in [0.2, 0.25) is 0 Å². The van der Waals surface area contributed by atoms with Crippen LogP contribution in [0.25, 0.3) is 0 Å². The number of hydrogen-bond acceptors (Lipinski definition) is 4. The molecule has 0 aromatic heterocycles. The Hall–Kier alpha value is -1.13. The average molecular weight is 357 g/mol. The van der Waals surface area contributed by atoms with Gasteiger partial charge in [-0.3, -0.25) is 0 Å². The molecule has 10 heteroatoms. The molecule has 1 heterocycles. The highest BCUT2D eigenvalue weighted by Crippen LogP contribution is 2.31. The maximum atomic E-state index is 12.6. The Balaban J connectivity index is 2.32. The maximum absolute atomic E-state index is 12.6. The first-order valence-electron chi connectivity index (χ1n) is 6.25. The molecule has 1 aliphatic rings. The minimum atomic E-state index is -4.66. The van der Waals surface area contributed by atoms with E-state index in [-0.39, 0.29) is 17.9 Å². The summed E-state index contributed by atoms with van der Waals surface area (Å²) >= 11 is 0. The van der Waals surface area contributed by atoms with E-state index in [2.05, 4.69) is 4.72 Å². The summed E-state index contributed by atoms with van der Waals surface area (Å²) in [5.41, 5.74) is -2.30. The third-order valence-corrected chi connectivity index (χ3v) is 6.89. The van der Waals surface area contributed by atoms with Crippen LogP contribution in [0, 0.1) is 0 Å². The Morgan fingerprint density at radius 3 is 2.41 bits per heavy atom. The molecule has 124 valence electrons. The van der Waals surface area contributed by atoms with Gasteiger partial charge in [-0.2, -0.15) is 13.2 Å². The largest absolute Gasteiger partial charge is 0.416 e. The number of hydrogen-bond donors (Lipinski definition) is 1. The standard InChI is InChI=1S/C12H14F3NO4S2/c1-11(5-6-21(17,18)8-11)16-22(19,20)10-4-2-3-9(7-10)12(13,14)15/h2-4,7,16H,5-6,8H2,1H3/t11-/m0/s1.